The van der Waals surface area contributed by atoms with Gasteiger partial charge in [-0.15, -0.1) is 0 Å². The molecule has 0 amide bonds. The monoisotopic (exact) mass is 415 g/mol. The molecule has 4 saturated carbocycles. The lowest BCUT2D eigenvalue weighted by atomic mass is 9.44. The van der Waals surface area contributed by atoms with E-state index in [9.17, 15) is 10.1 Å². The van der Waals surface area contributed by atoms with Gasteiger partial charge in [0, 0.05) is 0 Å². The molecule has 30 heavy (non-hydrogen) atoms. The highest BCUT2D eigenvalue weighted by Crippen LogP contribution is 2.68. The Morgan fingerprint density at radius 2 is 1.80 bits per heavy atom. The van der Waals surface area contributed by atoms with E-state index in [-0.39, 0.29) is 4.92 Å². The van der Waals surface area contributed by atoms with Crippen LogP contribution in [-0.4, -0.2) is 4.92 Å². The molecule has 4 rings (SSSR count). The van der Waals surface area contributed by atoms with Crippen molar-refractivity contribution in [1.82, 2.24) is 0 Å². The Morgan fingerprint density at radius 3 is 2.57 bits per heavy atom. The molecule has 0 spiro atoms. The Balaban J connectivity index is 1.40. The van der Waals surface area contributed by atoms with Crippen molar-refractivity contribution in [2.24, 2.45) is 46.3 Å². The predicted octanol–water partition coefficient (Wildman–Crippen LogP) is 8.02. The Kier molecular flexibility index (Phi) is 6.39. The van der Waals surface area contributed by atoms with Crippen LogP contribution < -0.4 is 0 Å². The molecule has 0 bridgehead atoms. The zero-order chi connectivity index (χ0) is 21.5. The minimum atomic E-state index is -0.304. The number of nitro groups is 1. The molecule has 4 aliphatic carbocycles. The zero-order valence-corrected chi connectivity index (χ0v) is 20.0. The van der Waals surface area contributed by atoms with Gasteiger partial charge < -0.3 is 0 Å². The molecule has 0 heterocycles. The second-order valence-corrected chi connectivity index (χ2v) is 12.3. The van der Waals surface area contributed by atoms with Gasteiger partial charge in [-0.05, 0) is 123 Å². The minimum Gasteiger partial charge on any atom is -0.259 e. The van der Waals surface area contributed by atoms with E-state index < -0.39 is 0 Å². The first-order valence-electron chi connectivity index (χ1n) is 13.1. The van der Waals surface area contributed by atoms with Gasteiger partial charge in [-0.25, -0.2) is 0 Å². The molecule has 0 saturated heterocycles. The first kappa shape index (κ1) is 22.3. The van der Waals surface area contributed by atoms with Gasteiger partial charge >= 0.3 is 0 Å². The number of nitrogens with zero attached hydrogens (tertiary/aromatic N) is 1. The summed E-state index contributed by atoms with van der Waals surface area (Å²) in [6, 6.07) is 0. The Bertz CT molecular complexity index is 672. The number of allylic oxidation sites excluding steroid dienone is 1. The first-order valence-corrected chi connectivity index (χ1v) is 13.1. The summed E-state index contributed by atoms with van der Waals surface area (Å²) < 4.78 is 0. The third-order valence-corrected chi connectivity index (χ3v) is 10.9. The average Bonchev–Trinajstić information content (AvgIpc) is 3.04. The van der Waals surface area contributed by atoms with E-state index in [0.717, 1.165) is 53.9 Å². The smallest absolute Gasteiger partial charge is 0.233 e. The standard InChI is InChI=1S/C27H45NO2/c1-19(18-28(29)30)8-7-9-20(2)23-13-14-24-22-12-11-21-10-5-6-16-26(21,3)25(22)15-17-27(23,24)4/h18,20-25H,5-17H2,1-4H3/t20-,21?,22+,23-,24+,25+,26+,27-/m1/s1. The largest absolute Gasteiger partial charge is 0.259 e. The molecule has 0 aliphatic heterocycles. The zero-order valence-electron chi connectivity index (χ0n) is 20.0. The van der Waals surface area contributed by atoms with Crippen LogP contribution in [0.3, 0.4) is 0 Å². The normalized spacial score (nSPS) is 44.7. The van der Waals surface area contributed by atoms with Crippen LogP contribution in [0.2, 0.25) is 0 Å². The molecule has 170 valence electrons. The van der Waals surface area contributed by atoms with E-state index in [1.54, 1.807) is 0 Å². The molecular weight excluding hydrogens is 370 g/mol. The van der Waals surface area contributed by atoms with E-state index in [1.165, 1.54) is 76.8 Å². The van der Waals surface area contributed by atoms with E-state index >= 15 is 0 Å². The maximum absolute atomic E-state index is 10.7. The topological polar surface area (TPSA) is 43.1 Å². The lowest BCUT2D eigenvalue weighted by molar-refractivity contribution is -0.403. The van der Waals surface area contributed by atoms with Gasteiger partial charge in [0.05, 0.1) is 4.92 Å². The van der Waals surface area contributed by atoms with Crippen molar-refractivity contribution >= 4 is 0 Å². The summed E-state index contributed by atoms with van der Waals surface area (Å²) in [4.78, 5) is 10.4. The molecule has 4 aliphatic rings. The second-order valence-electron chi connectivity index (χ2n) is 12.3. The number of hydrogen-bond donors (Lipinski definition) is 0. The minimum absolute atomic E-state index is 0.304. The van der Waals surface area contributed by atoms with E-state index in [0.29, 0.717) is 10.8 Å². The highest BCUT2D eigenvalue weighted by atomic mass is 16.6. The number of hydrogen-bond acceptors (Lipinski definition) is 2. The Labute approximate surface area is 184 Å². The van der Waals surface area contributed by atoms with Crippen LogP contribution in [0.15, 0.2) is 11.8 Å². The quantitative estimate of drug-likeness (QED) is 0.325. The number of rotatable bonds is 6. The molecule has 0 aromatic heterocycles. The van der Waals surface area contributed by atoms with Crippen molar-refractivity contribution in [3.05, 3.63) is 21.9 Å². The molecule has 3 nitrogen and oxygen atoms in total. The van der Waals surface area contributed by atoms with Crippen molar-refractivity contribution in [3.8, 4) is 0 Å². The molecule has 1 unspecified atom stereocenters. The van der Waals surface area contributed by atoms with Gasteiger partial charge in [0.25, 0.3) is 0 Å². The fourth-order valence-electron chi connectivity index (χ4n) is 9.42. The molecular formula is C27H45NO2. The summed E-state index contributed by atoms with van der Waals surface area (Å²) in [6.07, 6.45) is 19.2. The molecule has 0 aromatic carbocycles. The second kappa shape index (κ2) is 8.58. The molecule has 8 atom stereocenters. The third kappa shape index (κ3) is 3.88. The van der Waals surface area contributed by atoms with Crippen LogP contribution in [0.1, 0.15) is 111 Å². The fourth-order valence-corrected chi connectivity index (χ4v) is 9.42. The van der Waals surface area contributed by atoms with Gasteiger partial charge in [0.1, 0.15) is 0 Å². The first-order chi connectivity index (χ1) is 14.3. The Morgan fingerprint density at radius 1 is 1.03 bits per heavy atom. The van der Waals surface area contributed by atoms with Gasteiger partial charge in [-0.2, -0.15) is 0 Å². The SMILES string of the molecule is CC(=C[N+](=O)[O-])CCC[C@@H](C)[C@H]1CC[C@H]2[C@@H]3CCC4CCCC[C@]4(C)[C@H]3CC[C@]12C. The summed E-state index contributed by atoms with van der Waals surface area (Å²) in [5, 5.41) is 10.7. The predicted molar refractivity (Wildman–Crippen MR) is 124 cm³/mol. The van der Waals surface area contributed by atoms with Crippen molar-refractivity contribution in [3.63, 3.8) is 0 Å². The summed E-state index contributed by atoms with van der Waals surface area (Å²) in [5.41, 5.74) is 2.11. The molecule has 3 heteroatoms. The van der Waals surface area contributed by atoms with Crippen LogP contribution in [0, 0.1) is 56.5 Å². The molecule has 4 fully saturated rings. The lowest BCUT2D eigenvalue weighted by Crippen LogP contribution is -2.53. The van der Waals surface area contributed by atoms with Crippen molar-refractivity contribution in [1.29, 1.82) is 0 Å². The third-order valence-electron chi connectivity index (χ3n) is 10.9. The number of fused-ring (bicyclic) bond motifs is 5. The average molecular weight is 416 g/mol. The highest BCUT2D eigenvalue weighted by molar-refractivity contribution is 5.09. The van der Waals surface area contributed by atoms with Crippen molar-refractivity contribution < 1.29 is 4.92 Å². The maximum atomic E-state index is 10.7. The fraction of sp³-hybridized carbons (Fsp3) is 0.926. The van der Waals surface area contributed by atoms with Gasteiger partial charge in [-0.1, -0.05) is 40.0 Å². The van der Waals surface area contributed by atoms with Crippen molar-refractivity contribution in [2.75, 3.05) is 0 Å². The van der Waals surface area contributed by atoms with Gasteiger partial charge in [0.15, 0.2) is 0 Å². The summed E-state index contributed by atoms with van der Waals surface area (Å²) >= 11 is 0. The van der Waals surface area contributed by atoms with Crippen LogP contribution in [0.4, 0.5) is 0 Å². The Hall–Kier alpha value is -0.860. The van der Waals surface area contributed by atoms with E-state index in [2.05, 4.69) is 20.8 Å². The summed E-state index contributed by atoms with van der Waals surface area (Å²) in [6.45, 7) is 9.74. The lowest BCUT2D eigenvalue weighted by Gasteiger charge is -2.61. The summed E-state index contributed by atoms with van der Waals surface area (Å²) in [7, 11) is 0. The van der Waals surface area contributed by atoms with Gasteiger partial charge in [0.2, 0.25) is 6.20 Å². The van der Waals surface area contributed by atoms with E-state index in [1.807, 2.05) is 6.92 Å². The van der Waals surface area contributed by atoms with E-state index in [4.69, 9.17) is 0 Å². The molecule has 0 radical (unpaired) electrons. The molecule has 0 N–H and O–H groups in total. The van der Waals surface area contributed by atoms with Gasteiger partial charge in [-0.3, -0.25) is 10.1 Å². The van der Waals surface area contributed by atoms with Crippen LogP contribution in [0.5, 0.6) is 0 Å². The van der Waals surface area contributed by atoms with Crippen LogP contribution in [-0.2, 0) is 0 Å². The van der Waals surface area contributed by atoms with Crippen LogP contribution >= 0.6 is 0 Å². The maximum Gasteiger partial charge on any atom is 0.233 e. The summed E-state index contributed by atoms with van der Waals surface area (Å²) in [5.74, 6) is 5.58. The highest BCUT2D eigenvalue weighted by Gasteiger charge is 2.59. The van der Waals surface area contributed by atoms with Crippen LogP contribution in [0.25, 0.3) is 0 Å². The molecule has 0 aromatic rings. The van der Waals surface area contributed by atoms with Crippen molar-refractivity contribution in [2.45, 2.75) is 111 Å².